The van der Waals surface area contributed by atoms with Gasteiger partial charge in [0.1, 0.15) is 0 Å². The van der Waals surface area contributed by atoms with Gasteiger partial charge >= 0.3 is 0 Å². The van der Waals surface area contributed by atoms with Gasteiger partial charge in [-0.05, 0) is 30.5 Å². The van der Waals surface area contributed by atoms with E-state index in [9.17, 15) is 23.1 Å². The maximum absolute atomic E-state index is 12.8. The number of aliphatic hydroxyl groups excluding tert-OH is 1. The molecule has 0 aromatic heterocycles. The van der Waals surface area contributed by atoms with Crippen LogP contribution in [0.5, 0.6) is 0 Å². The molecule has 2 atom stereocenters. The Morgan fingerprint density at radius 2 is 1.71 bits per heavy atom. The topological polar surface area (TPSA) is 116 Å². The van der Waals surface area contributed by atoms with E-state index in [0.717, 1.165) is 5.56 Å². The number of aliphatic hydroxyl groups is 1. The molecule has 9 heteroatoms. The Hall–Kier alpha value is -2.75. The summed E-state index contributed by atoms with van der Waals surface area (Å²) in [5.41, 5.74) is 0.763. The molecule has 1 aliphatic heterocycles. The van der Waals surface area contributed by atoms with Crippen LogP contribution in [0.4, 0.5) is 0 Å². The van der Waals surface area contributed by atoms with Crippen molar-refractivity contribution in [2.45, 2.75) is 23.8 Å². The summed E-state index contributed by atoms with van der Waals surface area (Å²) in [5.74, 6) is -1.31. The van der Waals surface area contributed by atoms with E-state index in [-0.39, 0.29) is 30.5 Å². The van der Waals surface area contributed by atoms with Gasteiger partial charge in [-0.25, -0.2) is 8.42 Å². The minimum absolute atomic E-state index is 0.0773. The molecular formula is C22H27N3O5S. The standard InChI is InChI=1S/C22H27N3O5S/c26-16-20(17-8-3-1-4-9-17)24-21(27)14-23-22(28)18-10-7-13-25(15-18)31(29,30)19-11-5-2-6-12-19/h1-6,8-9,11-12,18,20,26H,7,10,13-16H2,(H,23,28)(H,24,27)/t18-,20-/m1/s1. The van der Waals surface area contributed by atoms with Crippen LogP contribution < -0.4 is 10.6 Å². The first-order valence-electron chi connectivity index (χ1n) is 10.2. The molecule has 2 amide bonds. The van der Waals surface area contributed by atoms with Gasteiger partial charge in [0.15, 0.2) is 0 Å². The summed E-state index contributed by atoms with van der Waals surface area (Å²) in [6.07, 6.45) is 1.12. The largest absolute Gasteiger partial charge is 0.394 e. The predicted molar refractivity (Wildman–Crippen MR) is 115 cm³/mol. The maximum atomic E-state index is 12.8. The Kier molecular flexibility index (Phi) is 7.78. The van der Waals surface area contributed by atoms with E-state index in [1.165, 1.54) is 16.4 Å². The third-order valence-electron chi connectivity index (χ3n) is 5.28. The average molecular weight is 446 g/mol. The van der Waals surface area contributed by atoms with Gasteiger partial charge in [-0.1, -0.05) is 48.5 Å². The quantitative estimate of drug-likeness (QED) is 0.562. The third kappa shape index (κ3) is 5.90. The van der Waals surface area contributed by atoms with E-state index in [1.807, 2.05) is 18.2 Å². The summed E-state index contributed by atoms with van der Waals surface area (Å²) >= 11 is 0. The molecule has 166 valence electrons. The molecule has 0 aliphatic carbocycles. The molecule has 8 nitrogen and oxygen atoms in total. The smallest absolute Gasteiger partial charge is 0.243 e. The highest BCUT2D eigenvalue weighted by Crippen LogP contribution is 2.23. The van der Waals surface area contributed by atoms with Crippen LogP contribution in [-0.4, -0.2) is 55.9 Å². The van der Waals surface area contributed by atoms with Crippen molar-refractivity contribution in [2.24, 2.45) is 5.92 Å². The molecular weight excluding hydrogens is 418 g/mol. The maximum Gasteiger partial charge on any atom is 0.243 e. The number of rotatable bonds is 8. The molecule has 1 heterocycles. The lowest BCUT2D eigenvalue weighted by molar-refractivity contribution is -0.129. The van der Waals surface area contributed by atoms with Gasteiger partial charge in [-0.15, -0.1) is 0 Å². The fraction of sp³-hybridized carbons (Fsp3) is 0.364. The second kappa shape index (κ2) is 10.5. The number of sulfonamides is 1. The molecule has 1 aliphatic rings. The molecule has 3 rings (SSSR count). The number of hydrogen-bond acceptors (Lipinski definition) is 5. The third-order valence-corrected chi connectivity index (χ3v) is 7.16. The number of carbonyl (C=O) groups is 2. The van der Waals surface area contributed by atoms with E-state index >= 15 is 0 Å². The number of piperidine rings is 1. The molecule has 0 unspecified atom stereocenters. The van der Waals surface area contributed by atoms with Gasteiger partial charge in [0, 0.05) is 13.1 Å². The summed E-state index contributed by atoms with van der Waals surface area (Å²) in [4.78, 5) is 25.0. The molecule has 31 heavy (non-hydrogen) atoms. The molecule has 2 aromatic carbocycles. The van der Waals surface area contributed by atoms with Crippen LogP contribution in [0.1, 0.15) is 24.4 Å². The minimum Gasteiger partial charge on any atom is -0.394 e. The molecule has 0 radical (unpaired) electrons. The second-order valence-electron chi connectivity index (χ2n) is 7.45. The van der Waals surface area contributed by atoms with Crippen LogP contribution in [0, 0.1) is 5.92 Å². The van der Waals surface area contributed by atoms with Gasteiger partial charge in [0.25, 0.3) is 0 Å². The van der Waals surface area contributed by atoms with Crippen molar-refractivity contribution in [2.75, 3.05) is 26.2 Å². The predicted octanol–water partition coefficient (Wildman–Crippen LogP) is 1.05. The summed E-state index contributed by atoms with van der Waals surface area (Å²) in [7, 11) is -3.66. The van der Waals surface area contributed by atoms with E-state index < -0.39 is 27.9 Å². The van der Waals surface area contributed by atoms with Crippen LogP contribution in [0.2, 0.25) is 0 Å². The van der Waals surface area contributed by atoms with Crippen LogP contribution in [0.25, 0.3) is 0 Å². The fourth-order valence-corrected chi connectivity index (χ4v) is 5.14. The first kappa shape index (κ1) is 22.9. The average Bonchev–Trinajstić information content (AvgIpc) is 2.82. The van der Waals surface area contributed by atoms with Gasteiger partial charge in [0.05, 0.1) is 30.0 Å². The van der Waals surface area contributed by atoms with Gasteiger partial charge in [0.2, 0.25) is 21.8 Å². The lowest BCUT2D eigenvalue weighted by Gasteiger charge is -2.31. The monoisotopic (exact) mass is 445 g/mol. The van der Waals surface area contributed by atoms with E-state index in [2.05, 4.69) is 10.6 Å². The Bertz CT molecular complexity index is 983. The SMILES string of the molecule is O=C(CNC(=O)[C@@H]1CCCN(S(=O)(=O)c2ccccc2)C1)N[C@H](CO)c1ccccc1. The number of hydrogen-bond donors (Lipinski definition) is 3. The van der Waals surface area contributed by atoms with Crippen molar-refractivity contribution in [3.05, 3.63) is 66.2 Å². The molecule has 1 fully saturated rings. The molecule has 0 spiro atoms. The zero-order chi connectivity index (χ0) is 22.3. The first-order chi connectivity index (χ1) is 14.9. The van der Waals surface area contributed by atoms with Crippen LogP contribution in [0.3, 0.4) is 0 Å². The molecule has 0 saturated carbocycles. The van der Waals surface area contributed by atoms with Gasteiger partial charge in [-0.2, -0.15) is 4.31 Å². The fourth-order valence-electron chi connectivity index (χ4n) is 3.59. The highest BCUT2D eigenvalue weighted by atomic mass is 32.2. The number of benzene rings is 2. The second-order valence-corrected chi connectivity index (χ2v) is 9.38. The van der Waals surface area contributed by atoms with E-state index in [4.69, 9.17) is 0 Å². The van der Waals surface area contributed by atoms with Crippen LogP contribution in [0.15, 0.2) is 65.6 Å². The minimum atomic E-state index is -3.66. The van der Waals surface area contributed by atoms with Crippen molar-refractivity contribution >= 4 is 21.8 Å². The number of carbonyl (C=O) groups excluding carboxylic acids is 2. The summed E-state index contributed by atoms with van der Waals surface area (Å²) in [6, 6.07) is 16.6. The number of nitrogens with one attached hydrogen (secondary N) is 2. The highest BCUT2D eigenvalue weighted by molar-refractivity contribution is 7.89. The molecule has 1 saturated heterocycles. The van der Waals surface area contributed by atoms with E-state index in [1.54, 1.807) is 30.3 Å². The van der Waals surface area contributed by atoms with Crippen molar-refractivity contribution in [1.82, 2.24) is 14.9 Å². The molecule has 0 bridgehead atoms. The van der Waals surface area contributed by atoms with E-state index in [0.29, 0.717) is 19.4 Å². The number of nitrogens with zero attached hydrogens (tertiary/aromatic N) is 1. The molecule has 2 aromatic rings. The van der Waals surface area contributed by atoms with Crippen molar-refractivity contribution < 1.29 is 23.1 Å². The van der Waals surface area contributed by atoms with Crippen molar-refractivity contribution in [3.8, 4) is 0 Å². The van der Waals surface area contributed by atoms with Crippen LogP contribution >= 0.6 is 0 Å². The summed E-state index contributed by atoms with van der Waals surface area (Å²) in [6.45, 7) is -0.0760. The normalized spacial score (nSPS) is 18.2. The lowest BCUT2D eigenvalue weighted by Crippen LogP contribution is -2.47. The Balaban J connectivity index is 1.54. The Morgan fingerprint density at radius 3 is 2.35 bits per heavy atom. The lowest BCUT2D eigenvalue weighted by atomic mass is 9.99. The zero-order valence-corrected chi connectivity index (χ0v) is 17.9. The zero-order valence-electron chi connectivity index (χ0n) is 17.1. The van der Waals surface area contributed by atoms with Gasteiger partial charge < -0.3 is 15.7 Å². The number of amides is 2. The van der Waals surface area contributed by atoms with Gasteiger partial charge in [-0.3, -0.25) is 9.59 Å². The first-order valence-corrected chi connectivity index (χ1v) is 11.6. The van der Waals surface area contributed by atoms with Crippen LogP contribution in [-0.2, 0) is 19.6 Å². The van der Waals surface area contributed by atoms with Crippen molar-refractivity contribution in [3.63, 3.8) is 0 Å². The summed E-state index contributed by atoms with van der Waals surface area (Å²) in [5, 5.41) is 14.8. The Morgan fingerprint density at radius 1 is 1.06 bits per heavy atom. The summed E-state index contributed by atoms with van der Waals surface area (Å²) < 4.78 is 27.0. The molecule has 3 N–H and O–H groups in total. The highest BCUT2D eigenvalue weighted by Gasteiger charge is 2.33. The van der Waals surface area contributed by atoms with Crippen molar-refractivity contribution in [1.29, 1.82) is 0 Å². The Labute approximate surface area is 182 Å².